The Balaban J connectivity index is 2.38. The first-order valence-corrected chi connectivity index (χ1v) is 7.41. The molecule has 0 saturated heterocycles. The van der Waals surface area contributed by atoms with Crippen molar-refractivity contribution in [1.29, 1.82) is 0 Å². The number of alkyl halides is 2. The Kier molecular flexibility index (Phi) is 5.51. The molecule has 0 radical (unpaired) electrons. The predicted octanol–water partition coefficient (Wildman–Crippen LogP) is 3.79. The molecule has 1 heterocycles. The first kappa shape index (κ1) is 11.7. The molecule has 0 atom stereocenters. The standard InChI is InChI=1S/C9H13Br2NS/c1-7-9(13-6-12-7)3-2-8(4-10)5-11/h6,8H,2-5H2,1H3. The Morgan fingerprint density at radius 1 is 1.46 bits per heavy atom. The van der Waals surface area contributed by atoms with Gasteiger partial charge in [-0.3, -0.25) is 0 Å². The number of nitrogens with zero attached hydrogens (tertiary/aromatic N) is 1. The van der Waals surface area contributed by atoms with Crippen LogP contribution in [0.25, 0.3) is 0 Å². The fourth-order valence-corrected chi connectivity index (χ4v) is 3.61. The van der Waals surface area contributed by atoms with Crippen LogP contribution in [0.4, 0.5) is 0 Å². The van der Waals surface area contributed by atoms with Crippen molar-refractivity contribution >= 4 is 43.2 Å². The van der Waals surface area contributed by atoms with E-state index in [9.17, 15) is 0 Å². The quantitative estimate of drug-likeness (QED) is 0.750. The summed E-state index contributed by atoms with van der Waals surface area (Å²) in [5, 5.41) is 2.16. The fraction of sp³-hybridized carbons (Fsp3) is 0.667. The van der Waals surface area contributed by atoms with E-state index >= 15 is 0 Å². The molecule has 0 aliphatic heterocycles. The van der Waals surface area contributed by atoms with Crippen LogP contribution in [0.15, 0.2) is 5.51 Å². The number of rotatable bonds is 5. The maximum Gasteiger partial charge on any atom is 0.0797 e. The third kappa shape index (κ3) is 3.68. The van der Waals surface area contributed by atoms with Gasteiger partial charge in [0.15, 0.2) is 0 Å². The topological polar surface area (TPSA) is 12.9 Å². The van der Waals surface area contributed by atoms with Gasteiger partial charge in [0.05, 0.1) is 11.2 Å². The maximum atomic E-state index is 4.24. The number of aryl methyl sites for hydroxylation is 2. The van der Waals surface area contributed by atoms with Crippen LogP contribution in [-0.2, 0) is 6.42 Å². The van der Waals surface area contributed by atoms with Crippen LogP contribution in [0.2, 0.25) is 0 Å². The van der Waals surface area contributed by atoms with Crippen molar-refractivity contribution in [3.63, 3.8) is 0 Å². The third-order valence-electron chi connectivity index (χ3n) is 2.06. The maximum absolute atomic E-state index is 4.24. The van der Waals surface area contributed by atoms with Crippen molar-refractivity contribution in [1.82, 2.24) is 4.98 Å². The molecule has 0 fully saturated rings. The lowest BCUT2D eigenvalue weighted by atomic mass is 10.1. The van der Waals surface area contributed by atoms with Crippen molar-refractivity contribution in [3.8, 4) is 0 Å². The zero-order chi connectivity index (χ0) is 9.68. The molecule has 0 unspecified atom stereocenters. The van der Waals surface area contributed by atoms with Crippen LogP contribution in [0.5, 0.6) is 0 Å². The largest absolute Gasteiger partial charge is 0.250 e. The molecule has 13 heavy (non-hydrogen) atoms. The van der Waals surface area contributed by atoms with E-state index in [0.717, 1.165) is 16.6 Å². The molecule has 1 aromatic heterocycles. The van der Waals surface area contributed by atoms with Gasteiger partial charge in [0.2, 0.25) is 0 Å². The Hall–Kier alpha value is 0.590. The number of thiazole rings is 1. The zero-order valence-corrected chi connectivity index (χ0v) is 11.6. The second kappa shape index (κ2) is 6.14. The van der Waals surface area contributed by atoms with E-state index < -0.39 is 0 Å². The molecule has 0 spiro atoms. The van der Waals surface area contributed by atoms with Gasteiger partial charge in [-0.2, -0.15) is 0 Å². The van der Waals surface area contributed by atoms with Crippen LogP contribution in [0.3, 0.4) is 0 Å². The van der Waals surface area contributed by atoms with Crippen LogP contribution >= 0.6 is 43.2 Å². The van der Waals surface area contributed by atoms with E-state index in [1.165, 1.54) is 23.4 Å². The van der Waals surface area contributed by atoms with Gasteiger partial charge in [0.1, 0.15) is 0 Å². The average Bonchev–Trinajstić information content (AvgIpc) is 2.54. The van der Waals surface area contributed by atoms with Crippen molar-refractivity contribution < 1.29 is 0 Å². The van der Waals surface area contributed by atoms with Crippen LogP contribution in [0.1, 0.15) is 17.0 Å². The number of hydrogen-bond donors (Lipinski definition) is 0. The lowest BCUT2D eigenvalue weighted by Crippen LogP contribution is -2.04. The number of halogens is 2. The van der Waals surface area contributed by atoms with Crippen molar-refractivity contribution in [2.24, 2.45) is 5.92 Å². The first-order valence-electron chi connectivity index (χ1n) is 4.28. The lowest BCUT2D eigenvalue weighted by molar-refractivity contribution is 0.615. The molecule has 0 N–H and O–H groups in total. The highest BCUT2D eigenvalue weighted by Gasteiger charge is 2.07. The van der Waals surface area contributed by atoms with Gasteiger partial charge in [-0.05, 0) is 25.7 Å². The van der Waals surface area contributed by atoms with E-state index in [0.29, 0.717) is 0 Å². The highest BCUT2D eigenvalue weighted by molar-refractivity contribution is 9.09. The number of aromatic nitrogens is 1. The Morgan fingerprint density at radius 2 is 2.15 bits per heavy atom. The van der Waals surface area contributed by atoms with Crippen LogP contribution < -0.4 is 0 Å². The van der Waals surface area contributed by atoms with E-state index in [1.807, 2.05) is 5.51 Å². The first-order chi connectivity index (χ1) is 6.27. The highest BCUT2D eigenvalue weighted by Crippen LogP contribution is 2.19. The van der Waals surface area contributed by atoms with E-state index in [4.69, 9.17) is 0 Å². The normalized spacial score (nSPS) is 11.1. The Labute approximate surface area is 100 Å². The minimum atomic E-state index is 0.737. The Bertz CT molecular complexity index is 246. The smallest absolute Gasteiger partial charge is 0.0797 e. The average molecular weight is 327 g/mol. The van der Waals surface area contributed by atoms with Crippen molar-refractivity contribution in [2.45, 2.75) is 19.8 Å². The van der Waals surface area contributed by atoms with Gasteiger partial charge < -0.3 is 0 Å². The minimum Gasteiger partial charge on any atom is -0.250 e. The minimum absolute atomic E-state index is 0.737. The van der Waals surface area contributed by atoms with Gasteiger partial charge in [-0.15, -0.1) is 11.3 Å². The van der Waals surface area contributed by atoms with E-state index in [-0.39, 0.29) is 0 Å². The molecule has 1 rings (SSSR count). The molecule has 4 heteroatoms. The molecule has 0 aliphatic carbocycles. The second-order valence-corrected chi connectivity index (χ2v) is 5.31. The van der Waals surface area contributed by atoms with Gasteiger partial charge in [0, 0.05) is 15.5 Å². The third-order valence-corrected chi connectivity index (χ3v) is 4.89. The highest BCUT2D eigenvalue weighted by atomic mass is 79.9. The number of hydrogen-bond acceptors (Lipinski definition) is 2. The van der Waals surface area contributed by atoms with Gasteiger partial charge in [-0.1, -0.05) is 31.9 Å². The van der Waals surface area contributed by atoms with Crippen molar-refractivity contribution in [3.05, 3.63) is 16.1 Å². The molecule has 0 amide bonds. The molecule has 0 aliphatic rings. The SMILES string of the molecule is Cc1ncsc1CCC(CBr)CBr. The summed E-state index contributed by atoms with van der Waals surface area (Å²) >= 11 is 8.80. The van der Waals surface area contributed by atoms with Gasteiger partial charge in [0.25, 0.3) is 0 Å². The summed E-state index contributed by atoms with van der Waals surface area (Å²) in [5.41, 5.74) is 3.13. The second-order valence-electron chi connectivity index (χ2n) is 3.07. The molecule has 74 valence electrons. The van der Waals surface area contributed by atoms with Crippen LogP contribution in [-0.4, -0.2) is 15.6 Å². The van der Waals surface area contributed by atoms with E-state index in [1.54, 1.807) is 11.3 Å². The molecule has 0 aromatic carbocycles. The molecular weight excluding hydrogens is 314 g/mol. The molecule has 0 bridgehead atoms. The van der Waals surface area contributed by atoms with Crippen molar-refractivity contribution in [2.75, 3.05) is 10.7 Å². The summed E-state index contributed by atoms with van der Waals surface area (Å²) in [6, 6.07) is 0. The summed E-state index contributed by atoms with van der Waals surface area (Å²) in [7, 11) is 0. The van der Waals surface area contributed by atoms with Gasteiger partial charge >= 0.3 is 0 Å². The van der Waals surface area contributed by atoms with E-state index in [2.05, 4.69) is 43.8 Å². The summed E-state index contributed by atoms with van der Waals surface area (Å²) in [6.45, 7) is 2.09. The molecular formula is C9H13Br2NS. The van der Waals surface area contributed by atoms with Gasteiger partial charge in [-0.25, -0.2) is 4.98 Å². The van der Waals surface area contributed by atoms with Crippen LogP contribution in [0, 0.1) is 12.8 Å². The molecule has 1 aromatic rings. The molecule has 0 saturated carbocycles. The summed E-state index contributed by atoms with van der Waals surface area (Å²) < 4.78 is 0. The summed E-state index contributed by atoms with van der Waals surface area (Å²) in [4.78, 5) is 5.68. The zero-order valence-electron chi connectivity index (χ0n) is 7.59. The predicted molar refractivity (Wildman–Crippen MR) is 66.3 cm³/mol. The summed E-state index contributed by atoms with van der Waals surface area (Å²) in [5.74, 6) is 0.737. The monoisotopic (exact) mass is 325 g/mol. The molecule has 1 nitrogen and oxygen atoms in total. The fourth-order valence-electron chi connectivity index (χ4n) is 1.10. The summed E-state index contributed by atoms with van der Waals surface area (Å²) in [6.07, 6.45) is 2.40. The lowest BCUT2D eigenvalue weighted by Gasteiger charge is -2.08. The Morgan fingerprint density at radius 3 is 2.62 bits per heavy atom.